The number of rotatable bonds is 4. The molecular formula is C19H23ClO. The highest BCUT2D eigenvalue weighted by atomic mass is 35.5. The molecule has 0 saturated carbocycles. The van der Waals surface area contributed by atoms with Gasteiger partial charge in [0.15, 0.2) is 0 Å². The van der Waals surface area contributed by atoms with Crippen LogP contribution in [0.25, 0.3) is 0 Å². The van der Waals surface area contributed by atoms with E-state index in [1.807, 2.05) is 37.3 Å². The molecule has 0 aliphatic rings. The van der Waals surface area contributed by atoms with Crippen LogP contribution in [0, 0.1) is 6.92 Å². The summed E-state index contributed by atoms with van der Waals surface area (Å²) < 4.78 is 0. The molecule has 0 radical (unpaired) electrons. The zero-order valence-electron chi connectivity index (χ0n) is 13.2. The second-order valence-electron chi connectivity index (χ2n) is 6.26. The average molecular weight is 303 g/mol. The first kappa shape index (κ1) is 16.1. The summed E-state index contributed by atoms with van der Waals surface area (Å²) in [6.07, 6.45) is 0.478. The van der Waals surface area contributed by atoms with Gasteiger partial charge in [0.1, 0.15) is 6.10 Å². The average Bonchev–Trinajstić information content (AvgIpc) is 2.47. The first-order chi connectivity index (χ1) is 9.85. The molecule has 2 heteroatoms. The molecule has 21 heavy (non-hydrogen) atoms. The summed E-state index contributed by atoms with van der Waals surface area (Å²) in [4.78, 5) is 0. The summed E-state index contributed by atoms with van der Waals surface area (Å²) in [6, 6.07) is 13.9. The SMILES string of the molecule is CCC(C)(C)c1ccc(C(O)c2ccc(Cl)cc2C)cc1. The standard InChI is InChI=1S/C19H23ClO/c1-5-19(3,4)15-8-6-14(7-9-15)18(21)17-11-10-16(20)12-13(17)2/h6-12,18,21H,5H2,1-4H3. The Morgan fingerprint density at radius 1 is 1.10 bits per heavy atom. The van der Waals surface area contributed by atoms with Gasteiger partial charge in [-0.2, -0.15) is 0 Å². The van der Waals surface area contributed by atoms with Crippen LogP contribution >= 0.6 is 11.6 Å². The quantitative estimate of drug-likeness (QED) is 0.799. The van der Waals surface area contributed by atoms with E-state index in [1.165, 1.54) is 5.56 Å². The normalized spacial score (nSPS) is 13.2. The number of aliphatic hydroxyl groups is 1. The fourth-order valence-corrected chi connectivity index (χ4v) is 2.67. The van der Waals surface area contributed by atoms with Crippen LogP contribution in [0.1, 0.15) is 55.5 Å². The smallest absolute Gasteiger partial charge is 0.104 e. The van der Waals surface area contributed by atoms with E-state index < -0.39 is 6.10 Å². The van der Waals surface area contributed by atoms with E-state index in [0.717, 1.165) is 23.1 Å². The van der Waals surface area contributed by atoms with Crippen LogP contribution in [-0.2, 0) is 5.41 Å². The summed E-state index contributed by atoms with van der Waals surface area (Å²) in [5, 5.41) is 11.3. The van der Waals surface area contributed by atoms with Gasteiger partial charge in [0, 0.05) is 5.02 Å². The summed E-state index contributed by atoms with van der Waals surface area (Å²) in [5.41, 5.74) is 4.29. The van der Waals surface area contributed by atoms with Crippen LogP contribution < -0.4 is 0 Å². The minimum atomic E-state index is -0.610. The highest BCUT2D eigenvalue weighted by Gasteiger charge is 2.19. The fraction of sp³-hybridized carbons (Fsp3) is 0.368. The van der Waals surface area contributed by atoms with Gasteiger partial charge >= 0.3 is 0 Å². The van der Waals surface area contributed by atoms with Gasteiger partial charge in [-0.05, 0) is 53.1 Å². The van der Waals surface area contributed by atoms with Gasteiger partial charge in [-0.1, -0.05) is 62.7 Å². The van der Waals surface area contributed by atoms with Crippen molar-refractivity contribution in [3.8, 4) is 0 Å². The molecule has 2 aromatic carbocycles. The van der Waals surface area contributed by atoms with E-state index >= 15 is 0 Å². The van der Waals surface area contributed by atoms with Crippen LogP contribution in [0.2, 0.25) is 5.02 Å². The van der Waals surface area contributed by atoms with Crippen molar-refractivity contribution >= 4 is 11.6 Å². The topological polar surface area (TPSA) is 20.2 Å². The summed E-state index contributed by atoms with van der Waals surface area (Å²) in [7, 11) is 0. The van der Waals surface area contributed by atoms with Crippen LogP contribution in [0.5, 0.6) is 0 Å². The van der Waals surface area contributed by atoms with Crippen molar-refractivity contribution < 1.29 is 5.11 Å². The van der Waals surface area contributed by atoms with E-state index in [4.69, 9.17) is 11.6 Å². The maximum Gasteiger partial charge on any atom is 0.104 e. The lowest BCUT2D eigenvalue weighted by Crippen LogP contribution is -2.15. The van der Waals surface area contributed by atoms with Crippen molar-refractivity contribution in [1.82, 2.24) is 0 Å². The van der Waals surface area contributed by atoms with Crippen molar-refractivity contribution in [2.45, 2.75) is 45.6 Å². The van der Waals surface area contributed by atoms with Crippen molar-refractivity contribution in [1.29, 1.82) is 0 Å². The maximum absolute atomic E-state index is 10.6. The van der Waals surface area contributed by atoms with Crippen LogP contribution in [0.3, 0.4) is 0 Å². The molecule has 1 atom stereocenters. The molecule has 0 bridgehead atoms. The molecule has 0 fully saturated rings. The fourth-order valence-electron chi connectivity index (χ4n) is 2.45. The van der Waals surface area contributed by atoms with Crippen molar-refractivity contribution in [2.24, 2.45) is 0 Å². The van der Waals surface area contributed by atoms with Crippen molar-refractivity contribution in [3.63, 3.8) is 0 Å². The van der Waals surface area contributed by atoms with Gasteiger partial charge < -0.3 is 5.11 Å². The molecule has 0 aliphatic carbocycles. The summed E-state index contributed by atoms with van der Waals surface area (Å²) in [5.74, 6) is 0. The van der Waals surface area contributed by atoms with Gasteiger partial charge in [0.05, 0.1) is 0 Å². The minimum Gasteiger partial charge on any atom is -0.384 e. The van der Waals surface area contributed by atoms with Gasteiger partial charge in [0.2, 0.25) is 0 Å². The second kappa shape index (κ2) is 6.21. The Morgan fingerprint density at radius 2 is 1.71 bits per heavy atom. The molecule has 2 rings (SSSR count). The van der Waals surface area contributed by atoms with E-state index in [0.29, 0.717) is 5.02 Å². The van der Waals surface area contributed by atoms with E-state index in [9.17, 15) is 5.11 Å². The van der Waals surface area contributed by atoms with Gasteiger partial charge in [-0.15, -0.1) is 0 Å². The Labute approximate surface area is 132 Å². The molecule has 1 N–H and O–H groups in total. The number of benzene rings is 2. The highest BCUT2D eigenvalue weighted by Crippen LogP contribution is 2.30. The molecule has 1 unspecified atom stereocenters. The molecule has 0 saturated heterocycles. The third-order valence-corrected chi connectivity index (χ3v) is 4.65. The number of aryl methyl sites for hydroxylation is 1. The molecule has 0 amide bonds. The lowest BCUT2D eigenvalue weighted by atomic mass is 9.81. The lowest BCUT2D eigenvalue weighted by molar-refractivity contribution is 0.219. The number of hydrogen-bond donors (Lipinski definition) is 1. The number of aliphatic hydroxyl groups excluding tert-OH is 1. The third-order valence-electron chi connectivity index (χ3n) is 4.42. The molecule has 0 heterocycles. The Bertz CT molecular complexity index is 614. The zero-order valence-corrected chi connectivity index (χ0v) is 13.9. The largest absolute Gasteiger partial charge is 0.384 e. The highest BCUT2D eigenvalue weighted by molar-refractivity contribution is 6.30. The summed E-state index contributed by atoms with van der Waals surface area (Å²) in [6.45, 7) is 8.64. The van der Waals surface area contributed by atoms with Crippen LogP contribution in [0.15, 0.2) is 42.5 Å². The number of hydrogen-bond acceptors (Lipinski definition) is 1. The molecule has 0 aliphatic heterocycles. The Morgan fingerprint density at radius 3 is 2.24 bits per heavy atom. The lowest BCUT2D eigenvalue weighted by Gasteiger charge is -2.24. The molecule has 112 valence electrons. The first-order valence-electron chi connectivity index (χ1n) is 7.39. The third kappa shape index (κ3) is 3.48. The summed E-state index contributed by atoms with van der Waals surface area (Å²) >= 11 is 5.97. The number of halogens is 1. The predicted molar refractivity (Wildman–Crippen MR) is 90.0 cm³/mol. The molecule has 2 aromatic rings. The Kier molecular flexibility index (Phi) is 4.75. The predicted octanol–water partition coefficient (Wildman–Crippen LogP) is 5.42. The van der Waals surface area contributed by atoms with Gasteiger partial charge in [-0.3, -0.25) is 0 Å². The molecule has 1 nitrogen and oxygen atoms in total. The maximum atomic E-state index is 10.6. The van der Waals surface area contributed by atoms with Gasteiger partial charge in [-0.25, -0.2) is 0 Å². The van der Waals surface area contributed by atoms with E-state index in [-0.39, 0.29) is 5.41 Å². The Hall–Kier alpha value is -1.31. The molecule has 0 spiro atoms. The van der Waals surface area contributed by atoms with Gasteiger partial charge in [0.25, 0.3) is 0 Å². The molecule has 0 aromatic heterocycles. The van der Waals surface area contributed by atoms with E-state index in [2.05, 4.69) is 32.9 Å². The second-order valence-corrected chi connectivity index (χ2v) is 6.70. The van der Waals surface area contributed by atoms with Crippen LogP contribution in [-0.4, -0.2) is 5.11 Å². The first-order valence-corrected chi connectivity index (χ1v) is 7.77. The monoisotopic (exact) mass is 302 g/mol. The van der Waals surface area contributed by atoms with Crippen molar-refractivity contribution in [3.05, 3.63) is 69.7 Å². The van der Waals surface area contributed by atoms with Crippen molar-refractivity contribution in [2.75, 3.05) is 0 Å². The zero-order chi connectivity index (χ0) is 15.6. The van der Waals surface area contributed by atoms with E-state index in [1.54, 1.807) is 0 Å². The van der Waals surface area contributed by atoms with Crippen LogP contribution in [0.4, 0.5) is 0 Å². The molecular weight excluding hydrogens is 280 g/mol. The minimum absolute atomic E-state index is 0.166. The Balaban J connectivity index is 2.30.